The molecular weight excluding hydrogens is 304 g/mol. The summed E-state index contributed by atoms with van der Waals surface area (Å²) in [5, 5.41) is 20.1. The van der Waals surface area contributed by atoms with Gasteiger partial charge in [-0.3, -0.25) is 4.79 Å². The van der Waals surface area contributed by atoms with Gasteiger partial charge in [0.05, 0.1) is 30.4 Å². The first-order chi connectivity index (χ1) is 11.7. The lowest BCUT2D eigenvalue weighted by Gasteiger charge is -2.06. The molecule has 120 valence electrons. The molecule has 0 fully saturated rings. The fourth-order valence-electron chi connectivity index (χ4n) is 2.32. The Kier molecular flexibility index (Phi) is 4.38. The van der Waals surface area contributed by atoms with E-state index in [0.29, 0.717) is 24.5 Å². The molecular formula is C17H16N6O. The molecule has 24 heavy (non-hydrogen) atoms. The molecule has 0 saturated carbocycles. The van der Waals surface area contributed by atoms with Crippen molar-refractivity contribution < 1.29 is 4.79 Å². The van der Waals surface area contributed by atoms with Gasteiger partial charge < -0.3 is 5.32 Å². The Balaban J connectivity index is 1.77. The molecule has 0 aliphatic carbocycles. The van der Waals surface area contributed by atoms with Gasteiger partial charge in [-0.15, -0.1) is 0 Å². The summed E-state index contributed by atoms with van der Waals surface area (Å²) in [5.41, 5.74) is 1.97. The standard InChI is InChI=1S/C17H16N6O/c1-13-12-16(23(20-13)10-5-9-18)19-17(24)15-8-11-22(21-15)14-6-3-2-4-7-14/h2-4,6-8,11-12H,5,10H2,1H3,(H,19,24). The Hall–Kier alpha value is -3.40. The summed E-state index contributed by atoms with van der Waals surface area (Å²) in [7, 11) is 0. The van der Waals surface area contributed by atoms with Crippen molar-refractivity contribution in [2.45, 2.75) is 19.9 Å². The number of carbonyl (C=O) groups excluding carboxylic acids is 1. The van der Waals surface area contributed by atoms with Crippen LogP contribution in [0.5, 0.6) is 0 Å². The molecule has 0 unspecified atom stereocenters. The lowest BCUT2D eigenvalue weighted by atomic mass is 10.3. The number of anilines is 1. The Morgan fingerprint density at radius 1 is 1.25 bits per heavy atom. The normalized spacial score (nSPS) is 10.3. The Labute approximate surface area is 139 Å². The van der Waals surface area contributed by atoms with E-state index in [1.54, 1.807) is 27.7 Å². The number of benzene rings is 1. The summed E-state index contributed by atoms with van der Waals surface area (Å²) >= 11 is 0. The van der Waals surface area contributed by atoms with Gasteiger partial charge in [-0.25, -0.2) is 9.36 Å². The molecule has 7 nitrogen and oxygen atoms in total. The largest absolute Gasteiger partial charge is 0.305 e. The molecule has 0 spiro atoms. The maximum absolute atomic E-state index is 12.4. The second kappa shape index (κ2) is 6.79. The van der Waals surface area contributed by atoms with Crippen LogP contribution in [0.15, 0.2) is 48.7 Å². The fourth-order valence-corrected chi connectivity index (χ4v) is 2.32. The lowest BCUT2D eigenvalue weighted by Crippen LogP contribution is -2.16. The quantitative estimate of drug-likeness (QED) is 0.782. The number of hydrogen-bond acceptors (Lipinski definition) is 4. The number of hydrogen-bond donors (Lipinski definition) is 1. The van der Waals surface area contributed by atoms with Crippen LogP contribution >= 0.6 is 0 Å². The number of amides is 1. The second-order valence-electron chi connectivity index (χ2n) is 5.24. The summed E-state index contributed by atoms with van der Waals surface area (Å²) in [4.78, 5) is 12.4. The molecule has 0 bridgehead atoms. The Morgan fingerprint density at radius 2 is 2.04 bits per heavy atom. The van der Waals surface area contributed by atoms with Gasteiger partial charge in [0.15, 0.2) is 5.69 Å². The van der Waals surface area contributed by atoms with E-state index >= 15 is 0 Å². The number of carbonyl (C=O) groups is 1. The van der Waals surface area contributed by atoms with Crippen LogP contribution in [0.2, 0.25) is 0 Å². The number of rotatable bonds is 5. The Bertz CT molecular complexity index is 887. The predicted octanol–water partition coefficient (Wildman–Crippen LogP) is 2.54. The molecule has 1 N–H and O–H groups in total. The van der Waals surface area contributed by atoms with E-state index in [1.807, 2.05) is 37.3 Å². The number of nitrogens with one attached hydrogen (secondary N) is 1. The number of nitrogens with zero attached hydrogens (tertiary/aromatic N) is 5. The monoisotopic (exact) mass is 320 g/mol. The Morgan fingerprint density at radius 3 is 2.79 bits per heavy atom. The zero-order valence-corrected chi connectivity index (χ0v) is 13.2. The predicted molar refractivity (Wildman–Crippen MR) is 88.7 cm³/mol. The topological polar surface area (TPSA) is 88.5 Å². The van der Waals surface area contributed by atoms with E-state index in [2.05, 4.69) is 21.6 Å². The minimum absolute atomic E-state index is 0.310. The van der Waals surface area contributed by atoms with Gasteiger partial charge in [0.1, 0.15) is 5.82 Å². The van der Waals surface area contributed by atoms with Crippen LogP contribution in [-0.4, -0.2) is 25.5 Å². The van der Waals surface area contributed by atoms with E-state index in [0.717, 1.165) is 11.4 Å². The average molecular weight is 320 g/mol. The maximum Gasteiger partial charge on any atom is 0.277 e. The van der Waals surface area contributed by atoms with Crippen molar-refractivity contribution in [2.75, 3.05) is 5.32 Å². The van der Waals surface area contributed by atoms with Crippen LogP contribution in [0.1, 0.15) is 22.6 Å². The highest BCUT2D eigenvalue weighted by Crippen LogP contribution is 2.13. The number of nitriles is 1. The average Bonchev–Trinajstić information content (AvgIpc) is 3.21. The van der Waals surface area contributed by atoms with Gasteiger partial charge in [-0.1, -0.05) is 18.2 Å². The molecule has 0 atom stereocenters. The van der Waals surface area contributed by atoms with E-state index in [1.165, 1.54) is 0 Å². The fraction of sp³-hybridized carbons (Fsp3) is 0.176. The van der Waals surface area contributed by atoms with E-state index in [4.69, 9.17) is 5.26 Å². The SMILES string of the molecule is Cc1cc(NC(=O)c2ccn(-c3ccccc3)n2)n(CCC#N)n1. The highest BCUT2D eigenvalue weighted by atomic mass is 16.2. The summed E-state index contributed by atoms with van der Waals surface area (Å²) in [6.07, 6.45) is 2.06. The smallest absolute Gasteiger partial charge is 0.277 e. The highest BCUT2D eigenvalue weighted by Gasteiger charge is 2.14. The molecule has 0 radical (unpaired) electrons. The third-order valence-corrected chi connectivity index (χ3v) is 3.42. The van der Waals surface area contributed by atoms with Crippen molar-refractivity contribution in [2.24, 2.45) is 0 Å². The van der Waals surface area contributed by atoms with Crippen LogP contribution in [0, 0.1) is 18.3 Å². The molecule has 0 aliphatic rings. The molecule has 1 aromatic carbocycles. The summed E-state index contributed by atoms with van der Waals surface area (Å²) < 4.78 is 3.26. The third-order valence-electron chi connectivity index (χ3n) is 3.42. The maximum atomic E-state index is 12.4. The molecule has 2 aromatic heterocycles. The molecule has 1 amide bonds. The van der Waals surface area contributed by atoms with Gasteiger partial charge in [0, 0.05) is 12.3 Å². The molecule has 7 heteroatoms. The van der Waals surface area contributed by atoms with Gasteiger partial charge in [0.2, 0.25) is 0 Å². The molecule has 0 aliphatic heterocycles. The lowest BCUT2D eigenvalue weighted by molar-refractivity contribution is 0.102. The van der Waals surface area contributed by atoms with Gasteiger partial charge in [-0.2, -0.15) is 15.5 Å². The number of aryl methyl sites for hydroxylation is 2. The van der Waals surface area contributed by atoms with Crippen molar-refractivity contribution in [1.29, 1.82) is 5.26 Å². The van der Waals surface area contributed by atoms with Crippen LogP contribution < -0.4 is 5.32 Å². The third kappa shape index (κ3) is 3.33. The highest BCUT2D eigenvalue weighted by molar-refractivity contribution is 6.02. The first-order valence-electron chi connectivity index (χ1n) is 7.51. The molecule has 0 saturated heterocycles. The van der Waals surface area contributed by atoms with E-state index in [9.17, 15) is 4.79 Å². The number of para-hydroxylation sites is 1. The van der Waals surface area contributed by atoms with E-state index < -0.39 is 0 Å². The first kappa shape index (κ1) is 15.5. The zero-order valence-electron chi connectivity index (χ0n) is 13.2. The van der Waals surface area contributed by atoms with Crippen LogP contribution in [0.25, 0.3) is 5.69 Å². The number of aromatic nitrogens is 4. The van der Waals surface area contributed by atoms with Crippen molar-refractivity contribution in [3.05, 3.63) is 60.0 Å². The summed E-state index contributed by atoms with van der Waals surface area (Å²) in [6, 6.07) is 15.1. The van der Waals surface area contributed by atoms with Crippen LogP contribution in [-0.2, 0) is 6.54 Å². The van der Waals surface area contributed by atoms with Gasteiger partial charge in [0.25, 0.3) is 5.91 Å². The van der Waals surface area contributed by atoms with Crippen LogP contribution in [0.4, 0.5) is 5.82 Å². The molecule has 3 rings (SSSR count). The molecule has 3 aromatic rings. The van der Waals surface area contributed by atoms with E-state index in [-0.39, 0.29) is 5.91 Å². The molecule has 2 heterocycles. The first-order valence-corrected chi connectivity index (χ1v) is 7.51. The summed E-state index contributed by atoms with van der Waals surface area (Å²) in [6.45, 7) is 2.26. The van der Waals surface area contributed by atoms with Crippen LogP contribution in [0.3, 0.4) is 0 Å². The van der Waals surface area contributed by atoms with Gasteiger partial charge >= 0.3 is 0 Å². The minimum Gasteiger partial charge on any atom is -0.305 e. The minimum atomic E-state index is -0.317. The van der Waals surface area contributed by atoms with Crippen molar-refractivity contribution >= 4 is 11.7 Å². The summed E-state index contributed by atoms with van der Waals surface area (Å²) in [5.74, 6) is 0.241. The zero-order chi connectivity index (χ0) is 16.9. The van der Waals surface area contributed by atoms with Gasteiger partial charge in [-0.05, 0) is 25.1 Å². The second-order valence-corrected chi connectivity index (χ2v) is 5.24. The van der Waals surface area contributed by atoms with Crippen molar-refractivity contribution in [1.82, 2.24) is 19.6 Å². The van der Waals surface area contributed by atoms with Crippen molar-refractivity contribution in [3.63, 3.8) is 0 Å². The van der Waals surface area contributed by atoms with Crippen molar-refractivity contribution in [3.8, 4) is 11.8 Å².